The van der Waals surface area contributed by atoms with Crippen LogP contribution in [-0.4, -0.2) is 10.1 Å². The van der Waals surface area contributed by atoms with E-state index in [4.69, 9.17) is 11.6 Å². The van der Waals surface area contributed by atoms with Gasteiger partial charge < -0.3 is 10.1 Å². The molecule has 3 heteroatoms. The summed E-state index contributed by atoms with van der Waals surface area (Å²) >= 11 is 5.94. The smallest absolute Gasteiger partial charge is 0.117 e. The van der Waals surface area contributed by atoms with Crippen LogP contribution in [0, 0.1) is 0 Å². The van der Waals surface area contributed by atoms with Crippen molar-refractivity contribution < 1.29 is 5.11 Å². The molecule has 0 aliphatic rings. The normalized spacial score (nSPS) is 11.3. The Kier molecular flexibility index (Phi) is 1.67. The topological polar surface area (TPSA) is 36.0 Å². The van der Waals surface area contributed by atoms with E-state index in [1.54, 1.807) is 12.1 Å². The second kappa shape index (κ2) is 2.91. The summed E-state index contributed by atoms with van der Waals surface area (Å²) in [5.74, 6) is 0.264. The standard InChI is InChI=1S/C12H8ClNO/c13-7-1-4-11-10(5-7)9-3-2-8(15)6-12(9)14-11/h1-6,14-15H. The largest absolute Gasteiger partial charge is 0.508 e. The van der Waals surface area contributed by atoms with Crippen molar-refractivity contribution in [3.05, 3.63) is 41.4 Å². The minimum absolute atomic E-state index is 0.264. The number of aromatic nitrogens is 1. The molecule has 2 aromatic carbocycles. The number of fused-ring (bicyclic) bond motifs is 3. The minimum Gasteiger partial charge on any atom is -0.508 e. The van der Waals surface area contributed by atoms with Crippen molar-refractivity contribution in [3.8, 4) is 5.75 Å². The second-order valence-corrected chi connectivity index (χ2v) is 3.98. The summed E-state index contributed by atoms with van der Waals surface area (Å²) in [4.78, 5) is 3.23. The third-order valence-corrected chi connectivity index (χ3v) is 2.78. The third kappa shape index (κ3) is 1.26. The van der Waals surface area contributed by atoms with Crippen LogP contribution in [0.2, 0.25) is 5.02 Å². The number of hydrogen-bond donors (Lipinski definition) is 2. The fourth-order valence-electron chi connectivity index (χ4n) is 1.86. The highest BCUT2D eigenvalue weighted by atomic mass is 35.5. The van der Waals surface area contributed by atoms with E-state index in [0.717, 1.165) is 26.8 Å². The first-order chi connectivity index (χ1) is 7.24. The van der Waals surface area contributed by atoms with Crippen molar-refractivity contribution >= 4 is 33.4 Å². The minimum atomic E-state index is 0.264. The van der Waals surface area contributed by atoms with E-state index in [1.165, 1.54) is 0 Å². The fraction of sp³-hybridized carbons (Fsp3) is 0. The lowest BCUT2D eigenvalue weighted by atomic mass is 10.1. The summed E-state index contributed by atoms with van der Waals surface area (Å²) in [7, 11) is 0. The molecule has 2 N–H and O–H groups in total. The van der Waals surface area contributed by atoms with Crippen LogP contribution in [0.1, 0.15) is 0 Å². The molecule has 0 bridgehead atoms. The monoisotopic (exact) mass is 217 g/mol. The molecule has 0 fully saturated rings. The van der Waals surface area contributed by atoms with Crippen LogP contribution >= 0.6 is 11.6 Å². The zero-order valence-corrected chi connectivity index (χ0v) is 8.55. The molecule has 0 unspecified atom stereocenters. The lowest BCUT2D eigenvalue weighted by Crippen LogP contribution is -1.67. The van der Waals surface area contributed by atoms with Crippen molar-refractivity contribution in [1.82, 2.24) is 4.98 Å². The Morgan fingerprint density at radius 1 is 0.933 bits per heavy atom. The maximum Gasteiger partial charge on any atom is 0.117 e. The fourth-order valence-corrected chi connectivity index (χ4v) is 2.04. The molecule has 0 spiro atoms. The molecule has 0 amide bonds. The molecule has 0 saturated heterocycles. The van der Waals surface area contributed by atoms with E-state index in [2.05, 4.69) is 4.98 Å². The number of benzene rings is 2. The Balaban J connectivity index is 2.53. The van der Waals surface area contributed by atoms with Crippen molar-refractivity contribution in [3.63, 3.8) is 0 Å². The number of aromatic hydroxyl groups is 1. The van der Waals surface area contributed by atoms with Crippen LogP contribution in [0.15, 0.2) is 36.4 Å². The molecular weight excluding hydrogens is 210 g/mol. The van der Waals surface area contributed by atoms with Crippen molar-refractivity contribution in [2.75, 3.05) is 0 Å². The second-order valence-electron chi connectivity index (χ2n) is 3.54. The summed E-state index contributed by atoms with van der Waals surface area (Å²) in [5, 5.41) is 12.2. The lowest BCUT2D eigenvalue weighted by Gasteiger charge is -1.92. The van der Waals surface area contributed by atoms with Gasteiger partial charge in [0.15, 0.2) is 0 Å². The van der Waals surface area contributed by atoms with Crippen molar-refractivity contribution in [1.29, 1.82) is 0 Å². The van der Waals surface area contributed by atoms with Gasteiger partial charge in [-0.15, -0.1) is 0 Å². The van der Waals surface area contributed by atoms with Gasteiger partial charge >= 0.3 is 0 Å². The molecule has 0 aliphatic carbocycles. The summed E-state index contributed by atoms with van der Waals surface area (Å²) in [5.41, 5.74) is 1.95. The first-order valence-electron chi connectivity index (χ1n) is 4.64. The predicted molar refractivity (Wildman–Crippen MR) is 62.5 cm³/mol. The van der Waals surface area contributed by atoms with Crippen molar-refractivity contribution in [2.45, 2.75) is 0 Å². The van der Waals surface area contributed by atoms with E-state index in [-0.39, 0.29) is 5.75 Å². The molecule has 0 saturated carbocycles. The van der Waals surface area contributed by atoms with Crippen molar-refractivity contribution in [2.24, 2.45) is 0 Å². The number of phenols is 1. The van der Waals surface area contributed by atoms with Gasteiger partial charge in [-0.1, -0.05) is 11.6 Å². The molecule has 1 heterocycles. The van der Waals surface area contributed by atoms with E-state index in [0.29, 0.717) is 0 Å². The van der Waals surface area contributed by atoms with Gasteiger partial charge in [-0.05, 0) is 30.3 Å². The van der Waals surface area contributed by atoms with E-state index in [9.17, 15) is 5.11 Å². The van der Waals surface area contributed by atoms with Gasteiger partial charge in [0.05, 0.1) is 5.52 Å². The van der Waals surface area contributed by atoms with E-state index < -0.39 is 0 Å². The molecule has 1 aromatic heterocycles. The molecule has 2 nitrogen and oxygen atoms in total. The summed E-state index contributed by atoms with van der Waals surface area (Å²) < 4.78 is 0. The number of nitrogens with one attached hydrogen (secondary N) is 1. The predicted octanol–water partition coefficient (Wildman–Crippen LogP) is 3.68. The molecule has 3 aromatic rings. The van der Waals surface area contributed by atoms with Gasteiger partial charge in [-0.2, -0.15) is 0 Å². The van der Waals surface area contributed by atoms with Gasteiger partial charge in [-0.25, -0.2) is 0 Å². The van der Waals surface area contributed by atoms with Gasteiger partial charge in [0.2, 0.25) is 0 Å². The van der Waals surface area contributed by atoms with Crippen LogP contribution in [0.25, 0.3) is 21.8 Å². The molecule has 0 atom stereocenters. The van der Waals surface area contributed by atoms with Gasteiger partial charge in [-0.3, -0.25) is 0 Å². The summed E-state index contributed by atoms with van der Waals surface area (Å²) in [6, 6.07) is 11.0. The Labute approximate surface area is 91.1 Å². The van der Waals surface area contributed by atoms with Gasteiger partial charge in [0, 0.05) is 27.4 Å². The highest BCUT2D eigenvalue weighted by molar-refractivity contribution is 6.31. The summed E-state index contributed by atoms with van der Waals surface area (Å²) in [6.45, 7) is 0. The van der Waals surface area contributed by atoms with Crippen LogP contribution < -0.4 is 0 Å². The maximum absolute atomic E-state index is 9.36. The SMILES string of the molecule is Oc1ccc2c(c1)[nH]c1ccc(Cl)cc12. The highest BCUT2D eigenvalue weighted by Crippen LogP contribution is 2.29. The average molecular weight is 218 g/mol. The van der Waals surface area contributed by atoms with Crippen LogP contribution in [0.5, 0.6) is 5.75 Å². The lowest BCUT2D eigenvalue weighted by molar-refractivity contribution is 0.476. The van der Waals surface area contributed by atoms with Crippen LogP contribution in [0.3, 0.4) is 0 Å². The number of H-pyrrole nitrogens is 1. The average Bonchev–Trinajstić information content (AvgIpc) is 2.54. The highest BCUT2D eigenvalue weighted by Gasteiger charge is 2.04. The number of aromatic amines is 1. The first-order valence-corrected chi connectivity index (χ1v) is 5.02. The van der Waals surface area contributed by atoms with Gasteiger partial charge in [0.1, 0.15) is 5.75 Å². The van der Waals surface area contributed by atoms with Crippen LogP contribution in [0.4, 0.5) is 0 Å². The Morgan fingerprint density at radius 3 is 2.67 bits per heavy atom. The molecule has 0 aliphatic heterocycles. The molecule has 15 heavy (non-hydrogen) atoms. The third-order valence-electron chi connectivity index (χ3n) is 2.54. The molecular formula is C12H8ClNO. The number of halogens is 1. The Bertz CT molecular complexity index is 657. The number of hydrogen-bond acceptors (Lipinski definition) is 1. The Morgan fingerprint density at radius 2 is 1.80 bits per heavy atom. The number of rotatable bonds is 0. The Hall–Kier alpha value is -1.67. The quantitative estimate of drug-likeness (QED) is 0.592. The maximum atomic E-state index is 9.36. The zero-order valence-electron chi connectivity index (χ0n) is 7.79. The molecule has 3 rings (SSSR count). The zero-order chi connectivity index (χ0) is 10.4. The van der Waals surface area contributed by atoms with Crippen LogP contribution in [-0.2, 0) is 0 Å². The van der Waals surface area contributed by atoms with E-state index >= 15 is 0 Å². The molecule has 0 radical (unpaired) electrons. The first kappa shape index (κ1) is 8.62. The molecule has 74 valence electrons. The number of phenolic OH excluding ortho intramolecular Hbond substituents is 1. The summed E-state index contributed by atoms with van der Waals surface area (Å²) in [6.07, 6.45) is 0. The van der Waals surface area contributed by atoms with Gasteiger partial charge in [0.25, 0.3) is 0 Å². The van der Waals surface area contributed by atoms with E-state index in [1.807, 2.05) is 24.3 Å².